The lowest BCUT2D eigenvalue weighted by atomic mass is 10.2. The third-order valence-corrected chi connectivity index (χ3v) is 4.93. The van der Waals surface area contributed by atoms with Gasteiger partial charge in [0.05, 0.1) is 17.2 Å². The third-order valence-electron chi connectivity index (χ3n) is 4.00. The molecule has 0 radical (unpaired) electrons. The van der Waals surface area contributed by atoms with Crippen molar-refractivity contribution >= 4 is 46.5 Å². The SMILES string of the molecule is Cc1ccc(NC(=O)CSCC(=O)Nc2ccc3c(c2)NC(=O)[C@H](C)O3)cc1. The Labute approximate surface area is 167 Å². The predicted molar refractivity (Wildman–Crippen MR) is 111 cm³/mol. The highest BCUT2D eigenvalue weighted by molar-refractivity contribution is 8.00. The highest BCUT2D eigenvalue weighted by Crippen LogP contribution is 2.32. The monoisotopic (exact) mass is 399 g/mol. The Bertz CT molecular complexity index is 899. The summed E-state index contributed by atoms with van der Waals surface area (Å²) in [6.45, 7) is 3.64. The van der Waals surface area contributed by atoms with Gasteiger partial charge in [-0.15, -0.1) is 11.8 Å². The second kappa shape index (κ2) is 8.79. The van der Waals surface area contributed by atoms with Crippen LogP contribution in [-0.2, 0) is 14.4 Å². The van der Waals surface area contributed by atoms with E-state index in [2.05, 4.69) is 16.0 Å². The number of nitrogens with one attached hydrogen (secondary N) is 3. The lowest BCUT2D eigenvalue weighted by Gasteiger charge is -2.23. The molecule has 0 fully saturated rings. The number of anilines is 3. The molecule has 2 aromatic rings. The first-order valence-corrected chi connectivity index (χ1v) is 9.92. The van der Waals surface area contributed by atoms with E-state index in [0.29, 0.717) is 17.1 Å². The molecule has 0 unspecified atom stereocenters. The molecule has 7 nitrogen and oxygen atoms in total. The van der Waals surface area contributed by atoms with Crippen molar-refractivity contribution in [2.75, 3.05) is 27.5 Å². The maximum Gasteiger partial charge on any atom is 0.265 e. The van der Waals surface area contributed by atoms with Crippen molar-refractivity contribution in [3.8, 4) is 5.75 Å². The summed E-state index contributed by atoms with van der Waals surface area (Å²) in [5.41, 5.74) is 2.91. The van der Waals surface area contributed by atoms with Crippen LogP contribution >= 0.6 is 11.8 Å². The zero-order chi connectivity index (χ0) is 20.1. The van der Waals surface area contributed by atoms with Crippen molar-refractivity contribution in [3.05, 3.63) is 48.0 Å². The van der Waals surface area contributed by atoms with Gasteiger partial charge >= 0.3 is 0 Å². The summed E-state index contributed by atoms with van der Waals surface area (Å²) in [5, 5.41) is 8.27. The molecule has 1 heterocycles. The van der Waals surface area contributed by atoms with Gasteiger partial charge in [-0.1, -0.05) is 17.7 Å². The average Bonchev–Trinajstić information content (AvgIpc) is 2.65. The van der Waals surface area contributed by atoms with Gasteiger partial charge in [0.2, 0.25) is 11.8 Å². The van der Waals surface area contributed by atoms with Crippen LogP contribution in [0.1, 0.15) is 12.5 Å². The molecule has 0 bridgehead atoms. The molecule has 146 valence electrons. The Morgan fingerprint density at radius 3 is 2.32 bits per heavy atom. The van der Waals surface area contributed by atoms with Crippen LogP contribution < -0.4 is 20.7 Å². The standard InChI is InChI=1S/C20H21N3O4S/c1-12-3-5-14(6-4-12)21-18(24)10-28-11-19(25)22-15-7-8-17-16(9-15)23-20(26)13(2)27-17/h3-9,13H,10-11H2,1-2H3,(H,21,24)(H,22,25)(H,23,26)/t13-/m0/s1. The molecular formula is C20H21N3O4S. The molecule has 1 atom stereocenters. The fraction of sp³-hybridized carbons (Fsp3) is 0.250. The highest BCUT2D eigenvalue weighted by Gasteiger charge is 2.23. The number of carbonyl (C=O) groups excluding carboxylic acids is 3. The fourth-order valence-corrected chi connectivity index (χ4v) is 3.17. The van der Waals surface area contributed by atoms with E-state index >= 15 is 0 Å². The number of hydrogen-bond acceptors (Lipinski definition) is 5. The van der Waals surface area contributed by atoms with Crippen LogP contribution in [0.15, 0.2) is 42.5 Å². The summed E-state index contributed by atoms with van der Waals surface area (Å²) in [5.74, 6) is 0.248. The fourth-order valence-electron chi connectivity index (χ4n) is 2.55. The minimum absolute atomic E-state index is 0.137. The zero-order valence-corrected chi connectivity index (χ0v) is 16.4. The Kier molecular flexibility index (Phi) is 6.20. The van der Waals surface area contributed by atoms with Crippen molar-refractivity contribution in [2.45, 2.75) is 20.0 Å². The molecule has 0 saturated carbocycles. The van der Waals surface area contributed by atoms with E-state index in [1.54, 1.807) is 25.1 Å². The maximum absolute atomic E-state index is 12.1. The van der Waals surface area contributed by atoms with Gasteiger partial charge < -0.3 is 20.7 Å². The average molecular weight is 399 g/mol. The third kappa shape index (κ3) is 5.26. The molecule has 1 aliphatic heterocycles. The zero-order valence-electron chi connectivity index (χ0n) is 15.6. The molecule has 0 saturated heterocycles. The van der Waals surface area contributed by atoms with E-state index in [0.717, 1.165) is 11.3 Å². The Morgan fingerprint density at radius 1 is 1.04 bits per heavy atom. The van der Waals surface area contributed by atoms with Crippen molar-refractivity contribution in [1.29, 1.82) is 0 Å². The van der Waals surface area contributed by atoms with E-state index < -0.39 is 6.10 Å². The van der Waals surface area contributed by atoms with Gasteiger partial charge in [0.25, 0.3) is 5.91 Å². The first-order valence-electron chi connectivity index (χ1n) is 8.76. The Morgan fingerprint density at radius 2 is 1.64 bits per heavy atom. The number of carbonyl (C=O) groups is 3. The quantitative estimate of drug-likeness (QED) is 0.694. The molecule has 3 amide bonds. The van der Waals surface area contributed by atoms with Crippen LogP contribution in [0.5, 0.6) is 5.75 Å². The molecule has 3 N–H and O–H groups in total. The van der Waals surface area contributed by atoms with Crippen LogP contribution in [0.4, 0.5) is 17.1 Å². The molecule has 8 heteroatoms. The minimum Gasteiger partial charge on any atom is -0.479 e. The van der Waals surface area contributed by atoms with Crippen molar-refractivity contribution in [2.24, 2.45) is 0 Å². The lowest BCUT2D eigenvalue weighted by Crippen LogP contribution is -2.34. The molecule has 0 aromatic heterocycles. The molecule has 3 rings (SSSR count). The minimum atomic E-state index is -0.546. The lowest BCUT2D eigenvalue weighted by molar-refractivity contribution is -0.122. The van der Waals surface area contributed by atoms with E-state index in [4.69, 9.17) is 4.74 Å². The largest absolute Gasteiger partial charge is 0.479 e. The van der Waals surface area contributed by atoms with Gasteiger partial charge in [-0.05, 0) is 44.2 Å². The van der Waals surface area contributed by atoms with Gasteiger partial charge in [-0.3, -0.25) is 14.4 Å². The number of rotatable bonds is 6. The summed E-state index contributed by atoms with van der Waals surface area (Å²) in [4.78, 5) is 35.7. The molecule has 28 heavy (non-hydrogen) atoms. The van der Waals surface area contributed by atoms with Gasteiger partial charge in [-0.2, -0.15) is 0 Å². The van der Waals surface area contributed by atoms with Gasteiger partial charge in [0, 0.05) is 11.4 Å². The van der Waals surface area contributed by atoms with E-state index in [1.807, 2.05) is 31.2 Å². The van der Waals surface area contributed by atoms with Crippen molar-refractivity contribution in [1.82, 2.24) is 0 Å². The van der Waals surface area contributed by atoms with E-state index in [9.17, 15) is 14.4 Å². The van der Waals surface area contributed by atoms with Gasteiger partial charge in [0.1, 0.15) is 5.75 Å². The number of aryl methyl sites for hydroxylation is 1. The van der Waals surface area contributed by atoms with Crippen molar-refractivity contribution < 1.29 is 19.1 Å². The van der Waals surface area contributed by atoms with Crippen molar-refractivity contribution in [3.63, 3.8) is 0 Å². The second-order valence-corrected chi connectivity index (χ2v) is 7.40. The van der Waals surface area contributed by atoms with Crippen LogP contribution in [0, 0.1) is 6.92 Å². The molecular weight excluding hydrogens is 378 g/mol. The normalized spacial score (nSPS) is 15.1. The number of amides is 3. The summed E-state index contributed by atoms with van der Waals surface area (Å²) in [6, 6.07) is 12.6. The van der Waals surface area contributed by atoms with Gasteiger partial charge in [0.15, 0.2) is 6.10 Å². The number of ether oxygens (including phenoxy) is 1. The molecule has 0 aliphatic carbocycles. The van der Waals surface area contributed by atoms with Crippen LogP contribution in [-0.4, -0.2) is 35.3 Å². The first kappa shape index (κ1) is 19.8. The summed E-state index contributed by atoms with van der Waals surface area (Å²) >= 11 is 1.22. The van der Waals surface area contributed by atoms with Gasteiger partial charge in [-0.25, -0.2) is 0 Å². The Hall–Kier alpha value is -3.00. The number of hydrogen-bond donors (Lipinski definition) is 3. The van der Waals surface area contributed by atoms with Crippen LogP contribution in [0.25, 0.3) is 0 Å². The maximum atomic E-state index is 12.1. The molecule has 2 aromatic carbocycles. The van der Waals surface area contributed by atoms with Crippen LogP contribution in [0.2, 0.25) is 0 Å². The van der Waals surface area contributed by atoms with E-state index in [-0.39, 0.29) is 29.2 Å². The predicted octanol–water partition coefficient (Wildman–Crippen LogP) is 3.02. The second-order valence-electron chi connectivity index (χ2n) is 6.42. The number of benzene rings is 2. The summed E-state index contributed by atoms with van der Waals surface area (Å²) in [6.07, 6.45) is -0.546. The van der Waals surface area contributed by atoms with Crippen LogP contribution in [0.3, 0.4) is 0 Å². The van der Waals surface area contributed by atoms with E-state index in [1.165, 1.54) is 11.8 Å². The topological polar surface area (TPSA) is 96.5 Å². The Balaban J connectivity index is 1.44. The molecule has 1 aliphatic rings. The highest BCUT2D eigenvalue weighted by atomic mass is 32.2. The molecule has 0 spiro atoms. The number of fused-ring (bicyclic) bond motifs is 1. The first-order chi connectivity index (χ1) is 13.4. The number of thioether (sulfide) groups is 1. The smallest absolute Gasteiger partial charge is 0.265 e. The summed E-state index contributed by atoms with van der Waals surface area (Å²) in [7, 11) is 0. The summed E-state index contributed by atoms with van der Waals surface area (Å²) < 4.78 is 5.48.